The monoisotopic (exact) mass is 509 g/mol. The summed E-state index contributed by atoms with van der Waals surface area (Å²) in [6.45, 7) is 1.95. The van der Waals surface area contributed by atoms with E-state index in [9.17, 15) is 10.4 Å². The molecule has 0 bridgehead atoms. The van der Waals surface area contributed by atoms with Crippen LogP contribution in [-0.2, 0) is 20.5 Å². The molecule has 0 fully saturated rings. The quantitative estimate of drug-likeness (QED) is 0.237. The second-order valence-corrected chi connectivity index (χ2v) is 8.56. The molecule has 182 valence electrons. The molecule has 0 amide bonds. The number of aryl methyl sites for hydroxylation is 3. The first-order valence-electron chi connectivity index (χ1n) is 10.9. The largest absolute Gasteiger partial charge is 0.434 e. The first-order chi connectivity index (χ1) is 17.3. The van der Waals surface area contributed by atoms with Crippen molar-refractivity contribution in [3.05, 3.63) is 47.9 Å². The van der Waals surface area contributed by atoms with Crippen LogP contribution in [0.3, 0.4) is 0 Å². The summed E-state index contributed by atoms with van der Waals surface area (Å²) >= 11 is 6.61. The SMILES string of the molecule is CCc1[nH]c2nc(Oc3cc4ncn(C)c4[n+](O)c3)nc(Oc3cc4ncn(C)c4[n+](O)c3)c2c1Cl. The van der Waals surface area contributed by atoms with Gasteiger partial charge < -0.3 is 24.9 Å². The van der Waals surface area contributed by atoms with Gasteiger partial charge in [-0.05, 0) is 15.9 Å². The number of fused-ring (bicyclic) bond motifs is 3. The highest BCUT2D eigenvalue weighted by Gasteiger charge is 2.23. The number of halogens is 1. The van der Waals surface area contributed by atoms with Gasteiger partial charge >= 0.3 is 17.3 Å². The number of nitrogens with zero attached hydrogens (tertiary/aromatic N) is 8. The van der Waals surface area contributed by atoms with Crippen molar-refractivity contribution in [1.29, 1.82) is 0 Å². The number of ether oxygens (including phenoxy) is 2. The van der Waals surface area contributed by atoms with E-state index in [1.165, 1.54) is 12.4 Å². The lowest BCUT2D eigenvalue weighted by molar-refractivity contribution is -0.886. The first kappa shape index (κ1) is 21.9. The molecule has 0 aromatic carbocycles. The van der Waals surface area contributed by atoms with Crippen molar-refractivity contribution in [1.82, 2.24) is 34.1 Å². The van der Waals surface area contributed by atoms with Crippen molar-refractivity contribution in [3.63, 3.8) is 0 Å². The fourth-order valence-corrected chi connectivity index (χ4v) is 4.45. The van der Waals surface area contributed by atoms with Crippen LogP contribution in [0, 0.1) is 0 Å². The van der Waals surface area contributed by atoms with Crippen molar-refractivity contribution >= 4 is 45.0 Å². The number of hydrogen-bond donors (Lipinski definition) is 3. The maximum Gasteiger partial charge on any atom is 0.347 e. The third-order valence-electron chi connectivity index (χ3n) is 5.74. The van der Waals surface area contributed by atoms with Gasteiger partial charge in [-0.2, -0.15) is 9.97 Å². The summed E-state index contributed by atoms with van der Waals surface area (Å²) in [7, 11) is 3.53. The van der Waals surface area contributed by atoms with E-state index in [0.29, 0.717) is 44.8 Å². The van der Waals surface area contributed by atoms with E-state index in [0.717, 1.165) is 15.2 Å². The van der Waals surface area contributed by atoms with E-state index in [2.05, 4.69) is 24.9 Å². The van der Waals surface area contributed by atoms with Crippen LogP contribution in [0.1, 0.15) is 12.6 Å². The number of pyridine rings is 2. The van der Waals surface area contributed by atoms with E-state index in [1.807, 2.05) is 6.92 Å². The maximum absolute atomic E-state index is 10.4. The van der Waals surface area contributed by atoms with Gasteiger partial charge in [0.1, 0.15) is 11.0 Å². The molecular formula is C22H20ClN9O4+2. The fourth-order valence-electron chi connectivity index (χ4n) is 4.10. The lowest BCUT2D eigenvalue weighted by atomic mass is 10.3. The summed E-state index contributed by atoms with van der Waals surface area (Å²) < 4.78 is 17.1. The summed E-state index contributed by atoms with van der Waals surface area (Å²) in [5.74, 6) is 0.639. The first-order valence-corrected chi connectivity index (χ1v) is 11.3. The van der Waals surface area contributed by atoms with Gasteiger partial charge in [-0.25, -0.2) is 19.1 Å². The van der Waals surface area contributed by atoms with E-state index in [4.69, 9.17) is 21.1 Å². The number of aromatic nitrogens is 9. The van der Waals surface area contributed by atoms with Gasteiger partial charge in [-0.15, -0.1) is 0 Å². The van der Waals surface area contributed by atoms with Crippen molar-refractivity contribution < 1.29 is 29.3 Å². The number of nitrogens with one attached hydrogen (secondary N) is 1. The molecule has 6 aromatic heterocycles. The molecule has 14 heteroatoms. The zero-order valence-corrected chi connectivity index (χ0v) is 20.1. The predicted octanol–water partition coefficient (Wildman–Crippen LogP) is 2.58. The molecule has 6 rings (SSSR count). The van der Waals surface area contributed by atoms with Crippen molar-refractivity contribution in [2.45, 2.75) is 13.3 Å². The molecule has 0 aliphatic carbocycles. The minimum absolute atomic E-state index is 0.0517. The number of aromatic amines is 1. The number of imidazole rings is 2. The Bertz CT molecular complexity index is 1810. The summed E-state index contributed by atoms with van der Waals surface area (Å²) in [5, 5.41) is 21.7. The predicted molar refractivity (Wildman–Crippen MR) is 125 cm³/mol. The Kier molecular flexibility index (Phi) is 4.83. The van der Waals surface area contributed by atoms with E-state index in [-0.39, 0.29) is 23.4 Å². The molecule has 0 atom stereocenters. The summed E-state index contributed by atoms with van der Waals surface area (Å²) in [6.07, 6.45) is 6.56. The Morgan fingerprint density at radius 1 is 0.944 bits per heavy atom. The molecule has 0 saturated carbocycles. The van der Waals surface area contributed by atoms with Crippen molar-refractivity contribution in [2.75, 3.05) is 0 Å². The normalized spacial score (nSPS) is 11.7. The fraction of sp³-hybridized carbons (Fsp3) is 0.182. The average molecular weight is 510 g/mol. The van der Waals surface area contributed by atoms with Gasteiger partial charge in [0, 0.05) is 17.8 Å². The molecular weight excluding hydrogens is 490 g/mol. The van der Waals surface area contributed by atoms with Crippen LogP contribution in [0.4, 0.5) is 0 Å². The molecule has 36 heavy (non-hydrogen) atoms. The lowest BCUT2D eigenvalue weighted by Crippen LogP contribution is -2.32. The molecule has 6 heterocycles. The molecule has 0 saturated heterocycles. The second kappa shape index (κ2) is 7.95. The van der Waals surface area contributed by atoms with Crippen LogP contribution in [-0.4, -0.2) is 44.5 Å². The highest BCUT2D eigenvalue weighted by molar-refractivity contribution is 6.36. The number of hydrogen-bond acceptors (Lipinski definition) is 8. The maximum atomic E-state index is 10.4. The molecule has 6 aromatic rings. The third kappa shape index (κ3) is 3.40. The summed E-state index contributed by atoms with van der Waals surface area (Å²) in [4.78, 5) is 20.6. The average Bonchev–Trinajstić information content (AvgIpc) is 3.49. The summed E-state index contributed by atoms with van der Waals surface area (Å²) in [6, 6.07) is 3.27. The molecule has 0 aliphatic rings. The third-order valence-corrected chi connectivity index (χ3v) is 6.16. The second-order valence-electron chi connectivity index (χ2n) is 8.18. The van der Waals surface area contributed by atoms with Gasteiger partial charge in [0.2, 0.25) is 5.88 Å². The van der Waals surface area contributed by atoms with E-state index < -0.39 is 0 Å². The van der Waals surface area contributed by atoms with Crippen molar-refractivity contribution in [2.24, 2.45) is 14.1 Å². The molecule has 0 aliphatic heterocycles. The zero-order valence-electron chi connectivity index (χ0n) is 19.3. The lowest BCUT2D eigenvalue weighted by Gasteiger charge is -2.08. The standard InChI is InChI=1S/C22H20ClN9O4/c1-4-13-17(23)16-18(26-13)27-22(36-12-6-15-21(32(34)8-12)30(3)10-25-15)28-19(16)35-11-5-14-20(31(33)7-11)29(2)9-24-14/h5-10,33-34H,4H2,1-3H3,(H,26,27,28)/q+2. The van der Waals surface area contributed by atoms with Crippen LogP contribution in [0.2, 0.25) is 5.02 Å². The van der Waals surface area contributed by atoms with Crippen LogP contribution < -0.4 is 18.9 Å². The van der Waals surface area contributed by atoms with Crippen LogP contribution in [0.5, 0.6) is 23.4 Å². The van der Waals surface area contributed by atoms with E-state index >= 15 is 0 Å². The smallest absolute Gasteiger partial charge is 0.347 e. The van der Waals surface area contributed by atoms with Crippen LogP contribution in [0.15, 0.2) is 37.2 Å². The van der Waals surface area contributed by atoms with Gasteiger partial charge in [0.25, 0.3) is 0 Å². The Morgan fingerprint density at radius 3 is 2.11 bits per heavy atom. The zero-order chi connectivity index (χ0) is 25.1. The topological polar surface area (TPSA) is 144 Å². The van der Waals surface area contributed by atoms with Crippen LogP contribution in [0.25, 0.3) is 33.4 Å². The van der Waals surface area contributed by atoms with Gasteiger partial charge in [-0.1, -0.05) is 18.5 Å². The Labute approximate surface area is 207 Å². The Morgan fingerprint density at radius 2 is 1.53 bits per heavy atom. The van der Waals surface area contributed by atoms with Crippen molar-refractivity contribution in [3.8, 4) is 23.4 Å². The Hall–Kier alpha value is -4.65. The number of rotatable bonds is 5. The van der Waals surface area contributed by atoms with Crippen LogP contribution >= 0.6 is 11.6 Å². The molecule has 0 radical (unpaired) electrons. The number of H-pyrrole nitrogens is 1. The van der Waals surface area contributed by atoms with E-state index in [1.54, 1.807) is 48.0 Å². The van der Waals surface area contributed by atoms with Gasteiger partial charge in [0.15, 0.2) is 47.6 Å². The molecule has 3 N–H and O–H groups in total. The minimum atomic E-state index is -0.0517. The minimum Gasteiger partial charge on any atom is -0.434 e. The molecule has 0 spiro atoms. The molecule has 0 unspecified atom stereocenters. The highest BCUT2D eigenvalue weighted by atomic mass is 35.5. The van der Waals surface area contributed by atoms with Gasteiger partial charge in [0.05, 0.1) is 19.1 Å². The Balaban J connectivity index is 1.46. The molecule has 13 nitrogen and oxygen atoms in total. The highest BCUT2D eigenvalue weighted by Crippen LogP contribution is 2.37. The van der Waals surface area contributed by atoms with Gasteiger partial charge in [-0.3, -0.25) is 0 Å². The summed E-state index contributed by atoms with van der Waals surface area (Å²) in [5.41, 5.74) is 3.18.